The van der Waals surface area contributed by atoms with Crippen molar-refractivity contribution in [2.75, 3.05) is 13.2 Å². The minimum absolute atomic E-state index is 0.0168. The Labute approximate surface area is 183 Å². The first-order chi connectivity index (χ1) is 14.6. The van der Waals surface area contributed by atoms with E-state index < -0.39 is 0 Å². The van der Waals surface area contributed by atoms with E-state index in [-0.39, 0.29) is 5.78 Å². The fourth-order valence-electron chi connectivity index (χ4n) is 4.13. The zero-order valence-corrected chi connectivity index (χ0v) is 17.9. The molecule has 4 rings (SSSR count). The third-order valence-corrected chi connectivity index (χ3v) is 6.12. The summed E-state index contributed by atoms with van der Waals surface area (Å²) in [6.45, 7) is 4.02. The van der Waals surface area contributed by atoms with E-state index in [0.717, 1.165) is 18.7 Å². The highest BCUT2D eigenvalue weighted by Gasteiger charge is 2.29. The first kappa shape index (κ1) is 20.6. The van der Waals surface area contributed by atoms with Crippen LogP contribution in [-0.2, 0) is 0 Å². The van der Waals surface area contributed by atoms with Crippen molar-refractivity contribution in [3.63, 3.8) is 0 Å². The molecule has 3 nitrogen and oxygen atoms in total. The molecule has 0 bridgehead atoms. The highest BCUT2D eigenvalue weighted by molar-refractivity contribution is 6.30. The summed E-state index contributed by atoms with van der Waals surface area (Å²) in [5, 5.41) is 0.623. The van der Waals surface area contributed by atoms with Crippen molar-refractivity contribution >= 4 is 17.4 Å². The highest BCUT2D eigenvalue weighted by Crippen LogP contribution is 2.29. The number of likely N-dealkylation sites (tertiary alicyclic amines) is 1. The maximum absolute atomic E-state index is 12.6. The van der Waals surface area contributed by atoms with Crippen molar-refractivity contribution in [1.29, 1.82) is 0 Å². The molecule has 1 fully saturated rings. The van der Waals surface area contributed by atoms with Gasteiger partial charge in [-0.25, -0.2) is 0 Å². The standard InChI is InChI=1S/C26H26ClNO2/c1-19(20-6-3-2-4-7-20)28-17-5-8-24(28)18-30-25-15-11-22(12-16-25)26(29)21-9-13-23(27)14-10-21/h2-4,6-7,9-16,19,24H,5,8,17-18H2,1H3. The topological polar surface area (TPSA) is 29.5 Å². The molecule has 0 aliphatic carbocycles. The van der Waals surface area contributed by atoms with E-state index >= 15 is 0 Å². The fourth-order valence-corrected chi connectivity index (χ4v) is 4.26. The quantitative estimate of drug-likeness (QED) is 0.428. The molecule has 3 aromatic rings. The second-order valence-corrected chi connectivity index (χ2v) is 8.23. The lowest BCUT2D eigenvalue weighted by atomic mass is 10.0. The summed E-state index contributed by atoms with van der Waals surface area (Å²) in [6.07, 6.45) is 2.34. The van der Waals surface area contributed by atoms with Gasteiger partial charge in [-0.05, 0) is 80.4 Å². The molecule has 1 aliphatic rings. The summed E-state index contributed by atoms with van der Waals surface area (Å²) in [5.41, 5.74) is 2.61. The summed E-state index contributed by atoms with van der Waals surface area (Å²) in [4.78, 5) is 15.1. The normalized spacial score (nSPS) is 17.6. The van der Waals surface area contributed by atoms with Gasteiger partial charge in [0.1, 0.15) is 12.4 Å². The lowest BCUT2D eigenvalue weighted by molar-refractivity contribution is 0.103. The third-order valence-electron chi connectivity index (χ3n) is 5.87. The van der Waals surface area contributed by atoms with Crippen LogP contribution < -0.4 is 4.74 Å². The molecule has 0 saturated carbocycles. The molecule has 154 valence electrons. The summed E-state index contributed by atoms with van der Waals surface area (Å²) in [6, 6.07) is 25.8. The average Bonchev–Trinajstić information content (AvgIpc) is 3.27. The van der Waals surface area contributed by atoms with Gasteiger partial charge in [0.2, 0.25) is 0 Å². The summed E-state index contributed by atoms with van der Waals surface area (Å²) in [7, 11) is 0. The molecule has 4 heteroatoms. The van der Waals surface area contributed by atoms with E-state index in [0.29, 0.717) is 34.8 Å². The first-order valence-corrected chi connectivity index (χ1v) is 10.8. The van der Waals surface area contributed by atoms with Gasteiger partial charge in [0.25, 0.3) is 0 Å². The number of carbonyl (C=O) groups is 1. The Morgan fingerprint density at radius 3 is 2.30 bits per heavy atom. The smallest absolute Gasteiger partial charge is 0.193 e. The van der Waals surface area contributed by atoms with Gasteiger partial charge < -0.3 is 4.74 Å². The number of carbonyl (C=O) groups excluding carboxylic acids is 1. The van der Waals surface area contributed by atoms with E-state index in [1.165, 1.54) is 12.0 Å². The van der Waals surface area contributed by atoms with Crippen LogP contribution in [0, 0.1) is 0 Å². The predicted molar refractivity (Wildman–Crippen MR) is 121 cm³/mol. The van der Waals surface area contributed by atoms with Crippen LogP contribution in [0.4, 0.5) is 0 Å². The van der Waals surface area contributed by atoms with Crippen molar-refractivity contribution in [2.24, 2.45) is 0 Å². The molecule has 1 aliphatic heterocycles. The second-order valence-electron chi connectivity index (χ2n) is 7.79. The van der Waals surface area contributed by atoms with Gasteiger partial charge in [0, 0.05) is 28.2 Å². The Morgan fingerprint density at radius 1 is 1.00 bits per heavy atom. The van der Waals surface area contributed by atoms with E-state index in [1.54, 1.807) is 24.3 Å². The molecule has 0 spiro atoms. The lowest BCUT2D eigenvalue weighted by Gasteiger charge is -2.31. The van der Waals surface area contributed by atoms with Gasteiger partial charge in [-0.3, -0.25) is 9.69 Å². The van der Waals surface area contributed by atoms with Crippen LogP contribution in [0.25, 0.3) is 0 Å². The van der Waals surface area contributed by atoms with Crippen molar-refractivity contribution < 1.29 is 9.53 Å². The number of hydrogen-bond donors (Lipinski definition) is 0. The van der Waals surface area contributed by atoms with Gasteiger partial charge in [-0.2, -0.15) is 0 Å². The Hall–Kier alpha value is -2.62. The van der Waals surface area contributed by atoms with Crippen molar-refractivity contribution in [3.8, 4) is 5.75 Å². The SMILES string of the molecule is CC(c1ccccc1)N1CCCC1COc1ccc(C(=O)c2ccc(Cl)cc2)cc1. The number of halogens is 1. The number of ketones is 1. The van der Waals surface area contributed by atoms with Gasteiger partial charge >= 0.3 is 0 Å². The van der Waals surface area contributed by atoms with E-state index in [2.05, 4.69) is 42.2 Å². The van der Waals surface area contributed by atoms with Crippen LogP contribution in [0.1, 0.15) is 47.3 Å². The highest BCUT2D eigenvalue weighted by atomic mass is 35.5. The third kappa shape index (κ3) is 4.75. The molecule has 1 heterocycles. The largest absolute Gasteiger partial charge is 0.492 e. The maximum atomic E-state index is 12.6. The van der Waals surface area contributed by atoms with Gasteiger partial charge in [0.05, 0.1) is 0 Å². The number of ether oxygens (including phenoxy) is 1. The lowest BCUT2D eigenvalue weighted by Crippen LogP contribution is -2.36. The van der Waals surface area contributed by atoms with E-state index in [9.17, 15) is 4.79 Å². The van der Waals surface area contributed by atoms with Gasteiger partial charge in [0.15, 0.2) is 5.78 Å². The molecule has 2 atom stereocenters. The molecule has 30 heavy (non-hydrogen) atoms. The molecule has 2 unspecified atom stereocenters. The molecule has 0 amide bonds. The maximum Gasteiger partial charge on any atom is 0.193 e. The monoisotopic (exact) mass is 419 g/mol. The predicted octanol–water partition coefficient (Wildman–Crippen LogP) is 6.18. The molecule has 0 aromatic heterocycles. The van der Waals surface area contributed by atoms with Crippen LogP contribution in [0.5, 0.6) is 5.75 Å². The molecule has 3 aromatic carbocycles. The molecule has 0 radical (unpaired) electrons. The Morgan fingerprint density at radius 2 is 1.63 bits per heavy atom. The second kappa shape index (κ2) is 9.46. The zero-order valence-electron chi connectivity index (χ0n) is 17.1. The minimum Gasteiger partial charge on any atom is -0.492 e. The van der Waals surface area contributed by atoms with Gasteiger partial charge in [-0.15, -0.1) is 0 Å². The van der Waals surface area contributed by atoms with Crippen LogP contribution >= 0.6 is 11.6 Å². The zero-order chi connectivity index (χ0) is 20.9. The van der Waals surface area contributed by atoms with E-state index in [1.807, 2.05) is 24.3 Å². The summed E-state index contributed by atoms with van der Waals surface area (Å²) in [5.74, 6) is 0.777. The molecule has 1 saturated heterocycles. The average molecular weight is 420 g/mol. The molecular formula is C26H26ClNO2. The molecule has 0 N–H and O–H groups in total. The minimum atomic E-state index is -0.0168. The van der Waals surface area contributed by atoms with Crippen molar-refractivity contribution in [2.45, 2.75) is 31.8 Å². The first-order valence-electron chi connectivity index (χ1n) is 10.5. The summed E-state index contributed by atoms with van der Waals surface area (Å²) < 4.78 is 6.09. The number of rotatable bonds is 7. The Balaban J connectivity index is 1.36. The fraction of sp³-hybridized carbons (Fsp3) is 0.269. The van der Waals surface area contributed by atoms with Crippen LogP contribution in [-0.4, -0.2) is 29.9 Å². The molecular weight excluding hydrogens is 394 g/mol. The number of benzene rings is 3. The van der Waals surface area contributed by atoms with Crippen molar-refractivity contribution in [3.05, 3.63) is 101 Å². The number of nitrogens with zero attached hydrogens (tertiary/aromatic N) is 1. The Bertz CT molecular complexity index is 970. The summed E-state index contributed by atoms with van der Waals surface area (Å²) >= 11 is 5.90. The van der Waals surface area contributed by atoms with Crippen LogP contribution in [0.3, 0.4) is 0 Å². The van der Waals surface area contributed by atoms with Crippen LogP contribution in [0.2, 0.25) is 5.02 Å². The van der Waals surface area contributed by atoms with Gasteiger partial charge in [-0.1, -0.05) is 41.9 Å². The van der Waals surface area contributed by atoms with Crippen molar-refractivity contribution in [1.82, 2.24) is 4.90 Å². The number of hydrogen-bond acceptors (Lipinski definition) is 3. The Kier molecular flexibility index (Phi) is 6.51. The van der Waals surface area contributed by atoms with E-state index in [4.69, 9.17) is 16.3 Å². The van der Waals surface area contributed by atoms with Crippen LogP contribution in [0.15, 0.2) is 78.9 Å².